The molecule has 1 rings (SSSR count). The van der Waals surface area contributed by atoms with E-state index in [1.807, 2.05) is 24.3 Å². The summed E-state index contributed by atoms with van der Waals surface area (Å²) in [6.45, 7) is 7.50. The lowest BCUT2D eigenvalue weighted by Crippen LogP contribution is -2.19. The summed E-state index contributed by atoms with van der Waals surface area (Å²) in [7, 11) is 1.65. The Kier molecular flexibility index (Phi) is 11.0. The minimum atomic E-state index is 0.229. The zero-order chi connectivity index (χ0) is 16.8. The number of hydrogen-bond acceptors (Lipinski definition) is 5. The summed E-state index contributed by atoms with van der Waals surface area (Å²) in [5.41, 5.74) is 1.07. The van der Waals surface area contributed by atoms with Gasteiger partial charge in [0, 0.05) is 19.3 Å². The lowest BCUT2D eigenvalue weighted by molar-refractivity contribution is 0.146. The fourth-order valence-corrected chi connectivity index (χ4v) is 2.05. The van der Waals surface area contributed by atoms with Crippen LogP contribution in [0.3, 0.4) is 0 Å². The molecule has 0 aliphatic heterocycles. The summed E-state index contributed by atoms with van der Waals surface area (Å²) in [5, 5.41) is 12.0. The van der Waals surface area contributed by atoms with Crippen LogP contribution in [0.5, 0.6) is 11.5 Å². The molecule has 0 radical (unpaired) electrons. The summed E-state index contributed by atoms with van der Waals surface area (Å²) in [4.78, 5) is 0. The van der Waals surface area contributed by atoms with Crippen molar-refractivity contribution in [2.75, 3.05) is 46.6 Å². The third-order valence-corrected chi connectivity index (χ3v) is 3.22. The van der Waals surface area contributed by atoms with Crippen molar-refractivity contribution < 1.29 is 19.3 Å². The molecule has 0 bridgehead atoms. The molecular weight excluding hydrogens is 294 g/mol. The van der Waals surface area contributed by atoms with Crippen molar-refractivity contribution >= 4 is 0 Å². The van der Waals surface area contributed by atoms with Crippen LogP contribution in [0.1, 0.15) is 18.4 Å². The molecule has 0 aliphatic rings. The van der Waals surface area contributed by atoms with Gasteiger partial charge in [0.25, 0.3) is 0 Å². The van der Waals surface area contributed by atoms with E-state index < -0.39 is 0 Å². The molecule has 5 heteroatoms. The molecule has 0 fully saturated rings. The van der Waals surface area contributed by atoms with Gasteiger partial charge in [-0.05, 0) is 50.6 Å². The Hall–Kier alpha value is -1.56. The molecule has 5 nitrogen and oxygen atoms in total. The van der Waals surface area contributed by atoms with Gasteiger partial charge in [-0.3, -0.25) is 0 Å². The number of rotatable bonds is 14. The molecule has 0 heterocycles. The van der Waals surface area contributed by atoms with E-state index in [1.54, 1.807) is 7.11 Å². The van der Waals surface area contributed by atoms with Crippen LogP contribution in [0.4, 0.5) is 0 Å². The van der Waals surface area contributed by atoms with E-state index in [4.69, 9.17) is 19.3 Å². The second-order valence-corrected chi connectivity index (χ2v) is 5.13. The highest BCUT2D eigenvalue weighted by atomic mass is 16.5. The number of aliphatic hydroxyl groups is 1. The standard InChI is InChI=1S/C18H29NO4/c1-3-6-16-15-17(22-14-13-21-2)7-8-18(16)23-12-5-10-19-9-4-11-20/h3,7-8,15,19-20H,1,4-6,9-14H2,2H3. The average Bonchev–Trinajstić information content (AvgIpc) is 2.56. The zero-order valence-corrected chi connectivity index (χ0v) is 14.1. The molecule has 0 saturated heterocycles. The average molecular weight is 323 g/mol. The fraction of sp³-hybridized carbons (Fsp3) is 0.556. The summed E-state index contributed by atoms with van der Waals surface area (Å²) in [6, 6.07) is 5.85. The van der Waals surface area contributed by atoms with Crippen molar-refractivity contribution in [2.45, 2.75) is 19.3 Å². The van der Waals surface area contributed by atoms with E-state index in [-0.39, 0.29) is 6.61 Å². The van der Waals surface area contributed by atoms with Gasteiger partial charge in [0.1, 0.15) is 18.1 Å². The van der Waals surface area contributed by atoms with Crippen molar-refractivity contribution in [2.24, 2.45) is 0 Å². The molecule has 1 aromatic rings. The Labute approximate surface area is 139 Å². The van der Waals surface area contributed by atoms with Gasteiger partial charge in [-0.15, -0.1) is 6.58 Å². The highest BCUT2D eigenvalue weighted by Gasteiger charge is 2.05. The summed E-state index contributed by atoms with van der Waals surface area (Å²) < 4.78 is 16.5. The monoisotopic (exact) mass is 323 g/mol. The maximum absolute atomic E-state index is 8.70. The Morgan fingerprint density at radius 2 is 1.96 bits per heavy atom. The van der Waals surface area contributed by atoms with Crippen molar-refractivity contribution in [3.63, 3.8) is 0 Å². The summed E-state index contributed by atoms with van der Waals surface area (Å²) in [6.07, 6.45) is 4.31. The van der Waals surface area contributed by atoms with E-state index in [9.17, 15) is 0 Å². The number of benzene rings is 1. The van der Waals surface area contributed by atoms with Crippen LogP contribution in [0.15, 0.2) is 30.9 Å². The first-order valence-electron chi connectivity index (χ1n) is 8.11. The normalized spacial score (nSPS) is 10.5. The molecule has 0 amide bonds. The topological polar surface area (TPSA) is 60.0 Å². The molecular formula is C18H29NO4. The molecule has 0 spiro atoms. The van der Waals surface area contributed by atoms with E-state index in [0.717, 1.165) is 49.4 Å². The molecule has 0 atom stereocenters. The van der Waals surface area contributed by atoms with Gasteiger partial charge < -0.3 is 24.6 Å². The lowest BCUT2D eigenvalue weighted by Gasteiger charge is -2.13. The van der Waals surface area contributed by atoms with Gasteiger partial charge >= 0.3 is 0 Å². The van der Waals surface area contributed by atoms with Gasteiger partial charge in [-0.2, -0.15) is 0 Å². The first-order chi connectivity index (χ1) is 11.3. The smallest absolute Gasteiger partial charge is 0.123 e. The van der Waals surface area contributed by atoms with E-state index in [0.29, 0.717) is 19.8 Å². The van der Waals surface area contributed by atoms with Crippen molar-refractivity contribution in [1.82, 2.24) is 5.32 Å². The summed E-state index contributed by atoms with van der Waals surface area (Å²) in [5.74, 6) is 1.69. The van der Waals surface area contributed by atoms with Crippen LogP contribution in [-0.2, 0) is 11.2 Å². The van der Waals surface area contributed by atoms with Crippen LogP contribution in [0, 0.1) is 0 Å². The first kappa shape index (κ1) is 19.5. The maximum Gasteiger partial charge on any atom is 0.123 e. The number of hydrogen-bond donors (Lipinski definition) is 2. The van der Waals surface area contributed by atoms with Crippen molar-refractivity contribution in [1.29, 1.82) is 0 Å². The van der Waals surface area contributed by atoms with Crippen LogP contribution in [-0.4, -0.2) is 51.7 Å². The molecule has 0 aliphatic carbocycles. The van der Waals surface area contributed by atoms with Crippen LogP contribution in [0.25, 0.3) is 0 Å². The molecule has 23 heavy (non-hydrogen) atoms. The zero-order valence-electron chi connectivity index (χ0n) is 14.1. The predicted octanol–water partition coefficient (Wildman–Crippen LogP) is 2.18. The number of allylic oxidation sites excluding steroid dienone is 1. The number of nitrogens with one attached hydrogen (secondary N) is 1. The van der Waals surface area contributed by atoms with Crippen molar-refractivity contribution in [3.05, 3.63) is 36.4 Å². The highest BCUT2D eigenvalue weighted by Crippen LogP contribution is 2.25. The van der Waals surface area contributed by atoms with Gasteiger partial charge in [-0.1, -0.05) is 6.08 Å². The van der Waals surface area contributed by atoms with Gasteiger partial charge in [0.05, 0.1) is 13.2 Å². The molecule has 0 unspecified atom stereocenters. The molecule has 1 aromatic carbocycles. The fourth-order valence-electron chi connectivity index (χ4n) is 2.05. The second kappa shape index (κ2) is 12.9. The van der Waals surface area contributed by atoms with Crippen LogP contribution >= 0.6 is 0 Å². The Morgan fingerprint density at radius 1 is 1.13 bits per heavy atom. The van der Waals surface area contributed by atoms with Gasteiger partial charge in [0.15, 0.2) is 0 Å². The lowest BCUT2D eigenvalue weighted by atomic mass is 10.1. The molecule has 130 valence electrons. The quantitative estimate of drug-likeness (QED) is 0.406. The van der Waals surface area contributed by atoms with Crippen molar-refractivity contribution in [3.8, 4) is 11.5 Å². The minimum Gasteiger partial charge on any atom is -0.493 e. The molecule has 0 saturated carbocycles. The minimum absolute atomic E-state index is 0.229. The third-order valence-electron chi connectivity index (χ3n) is 3.22. The predicted molar refractivity (Wildman–Crippen MR) is 92.4 cm³/mol. The number of aliphatic hydroxyl groups excluding tert-OH is 1. The summed E-state index contributed by atoms with van der Waals surface area (Å²) >= 11 is 0. The Balaban J connectivity index is 2.41. The maximum atomic E-state index is 8.70. The van der Waals surface area contributed by atoms with E-state index in [1.165, 1.54) is 0 Å². The highest BCUT2D eigenvalue weighted by molar-refractivity contribution is 5.41. The van der Waals surface area contributed by atoms with Gasteiger partial charge in [-0.25, -0.2) is 0 Å². The Morgan fingerprint density at radius 3 is 2.70 bits per heavy atom. The molecule has 2 N–H and O–H groups in total. The van der Waals surface area contributed by atoms with Gasteiger partial charge in [0.2, 0.25) is 0 Å². The van der Waals surface area contributed by atoms with Crippen LogP contribution < -0.4 is 14.8 Å². The second-order valence-electron chi connectivity index (χ2n) is 5.13. The SMILES string of the molecule is C=CCc1cc(OCCOC)ccc1OCCCNCCCO. The molecule has 0 aromatic heterocycles. The van der Waals surface area contributed by atoms with E-state index in [2.05, 4.69) is 11.9 Å². The largest absolute Gasteiger partial charge is 0.493 e. The van der Waals surface area contributed by atoms with E-state index >= 15 is 0 Å². The Bertz CT molecular complexity index is 437. The number of methoxy groups -OCH3 is 1. The number of ether oxygens (including phenoxy) is 3. The first-order valence-corrected chi connectivity index (χ1v) is 8.11. The third kappa shape index (κ3) is 8.59. The van der Waals surface area contributed by atoms with Crippen LogP contribution in [0.2, 0.25) is 0 Å².